The van der Waals surface area contributed by atoms with E-state index in [1.807, 2.05) is 0 Å². The first kappa shape index (κ1) is 23.3. The molecule has 0 fully saturated rings. The van der Waals surface area contributed by atoms with Gasteiger partial charge in [0.2, 0.25) is 10.0 Å². The Morgan fingerprint density at radius 1 is 1.03 bits per heavy atom. The molecule has 0 aliphatic heterocycles. The molecule has 0 spiro atoms. The van der Waals surface area contributed by atoms with Gasteiger partial charge in [-0.15, -0.1) is 0 Å². The second-order valence-corrected chi connectivity index (χ2v) is 8.61. The molecule has 0 unspecified atom stereocenters. The molecule has 0 bridgehead atoms. The topological polar surface area (TPSA) is 80.8 Å². The molecule has 0 saturated carbocycles. The number of carbonyl (C=O) groups excluding carboxylic acids is 2. The van der Waals surface area contributed by atoms with Crippen molar-refractivity contribution in [3.05, 3.63) is 63.4 Å². The number of esters is 1. The molecule has 6 nitrogen and oxygen atoms in total. The number of nitrogens with zero attached hydrogens (tertiary/aromatic N) is 1. The van der Waals surface area contributed by atoms with E-state index in [-0.39, 0.29) is 33.6 Å². The van der Waals surface area contributed by atoms with Gasteiger partial charge < -0.3 is 4.74 Å². The van der Waals surface area contributed by atoms with Crippen molar-refractivity contribution < 1.29 is 27.1 Å². The van der Waals surface area contributed by atoms with E-state index in [0.717, 1.165) is 18.2 Å². The van der Waals surface area contributed by atoms with Gasteiger partial charge in [0.25, 0.3) is 0 Å². The summed E-state index contributed by atoms with van der Waals surface area (Å²) in [5, 5.41) is 0.415. The van der Waals surface area contributed by atoms with Gasteiger partial charge in [0.05, 0.1) is 20.5 Å². The fourth-order valence-electron chi connectivity index (χ4n) is 2.50. The van der Waals surface area contributed by atoms with Crippen LogP contribution in [0.25, 0.3) is 0 Å². The smallest absolute Gasteiger partial charge is 0.341 e. The van der Waals surface area contributed by atoms with Crippen LogP contribution in [0.2, 0.25) is 10.0 Å². The molecule has 0 saturated heterocycles. The van der Waals surface area contributed by atoms with Gasteiger partial charge in [-0.2, -0.15) is 4.31 Å². The third kappa shape index (κ3) is 5.33. The summed E-state index contributed by atoms with van der Waals surface area (Å²) in [6.07, 6.45) is 0. The summed E-state index contributed by atoms with van der Waals surface area (Å²) in [6, 6.07) is 6.98. The average molecular weight is 462 g/mol. The lowest BCUT2D eigenvalue weighted by Crippen LogP contribution is -2.30. The van der Waals surface area contributed by atoms with Crippen LogP contribution in [0.1, 0.15) is 34.6 Å². The van der Waals surface area contributed by atoms with Crippen molar-refractivity contribution in [2.75, 3.05) is 19.7 Å². The maximum Gasteiger partial charge on any atom is 0.341 e. The second kappa shape index (κ2) is 9.67. The Morgan fingerprint density at radius 2 is 1.69 bits per heavy atom. The number of benzene rings is 2. The molecule has 0 aromatic heterocycles. The maximum absolute atomic E-state index is 14.1. The van der Waals surface area contributed by atoms with Crippen LogP contribution in [-0.2, 0) is 14.8 Å². The van der Waals surface area contributed by atoms with E-state index in [1.165, 1.54) is 22.5 Å². The van der Waals surface area contributed by atoms with Gasteiger partial charge in [0.15, 0.2) is 12.4 Å². The minimum absolute atomic E-state index is 0.157. The van der Waals surface area contributed by atoms with Gasteiger partial charge in [-0.1, -0.05) is 37.0 Å². The first-order chi connectivity index (χ1) is 13.6. The zero-order valence-electron chi connectivity index (χ0n) is 15.6. The van der Waals surface area contributed by atoms with E-state index < -0.39 is 39.8 Å². The Balaban J connectivity index is 2.20. The number of ketones is 1. The highest BCUT2D eigenvalue weighted by atomic mass is 35.5. The molecule has 2 aromatic carbocycles. The molecule has 0 aliphatic rings. The molecule has 2 rings (SSSR count). The first-order valence-corrected chi connectivity index (χ1v) is 10.8. The van der Waals surface area contributed by atoms with E-state index in [9.17, 15) is 22.4 Å². The number of Topliss-reactive ketones (excluding diaryl/α,β-unsaturated/α-hetero) is 1. The van der Waals surface area contributed by atoms with Crippen LogP contribution in [0.4, 0.5) is 4.39 Å². The molecule has 10 heteroatoms. The molecule has 2 aromatic rings. The van der Waals surface area contributed by atoms with E-state index in [1.54, 1.807) is 13.8 Å². The van der Waals surface area contributed by atoms with E-state index in [0.29, 0.717) is 0 Å². The van der Waals surface area contributed by atoms with Crippen molar-refractivity contribution in [3.63, 3.8) is 0 Å². The number of carbonyl (C=O) groups is 2. The number of hydrogen-bond acceptors (Lipinski definition) is 5. The van der Waals surface area contributed by atoms with Crippen LogP contribution in [0.5, 0.6) is 0 Å². The molecule has 0 heterocycles. The van der Waals surface area contributed by atoms with Crippen LogP contribution >= 0.6 is 23.2 Å². The largest absolute Gasteiger partial charge is 0.454 e. The second-order valence-electron chi connectivity index (χ2n) is 5.86. The summed E-state index contributed by atoms with van der Waals surface area (Å²) < 4.78 is 45.3. The van der Waals surface area contributed by atoms with Crippen molar-refractivity contribution in [3.8, 4) is 0 Å². The van der Waals surface area contributed by atoms with Gasteiger partial charge in [-0.05, 0) is 36.4 Å². The predicted octanol–water partition coefficient (Wildman–Crippen LogP) is 4.20. The van der Waals surface area contributed by atoms with E-state index >= 15 is 0 Å². The van der Waals surface area contributed by atoms with E-state index in [2.05, 4.69) is 0 Å². The lowest BCUT2D eigenvalue weighted by atomic mass is 10.1. The predicted molar refractivity (Wildman–Crippen MR) is 108 cm³/mol. The number of rotatable bonds is 8. The van der Waals surface area contributed by atoms with Gasteiger partial charge >= 0.3 is 5.97 Å². The first-order valence-electron chi connectivity index (χ1n) is 8.56. The molecular formula is C19H18Cl2FNO5S. The fraction of sp³-hybridized carbons (Fsp3) is 0.263. The molecule has 156 valence electrons. The Bertz CT molecular complexity index is 1040. The lowest BCUT2D eigenvalue weighted by Gasteiger charge is -2.18. The van der Waals surface area contributed by atoms with Gasteiger partial charge in [-0.3, -0.25) is 4.79 Å². The third-order valence-corrected chi connectivity index (χ3v) is 6.86. The summed E-state index contributed by atoms with van der Waals surface area (Å²) >= 11 is 11.6. The van der Waals surface area contributed by atoms with Crippen molar-refractivity contribution in [2.45, 2.75) is 18.7 Å². The summed E-state index contributed by atoms with van der Waals surface area (Å²) in [5.41, 5.74) is -0.425. The molecule has 0 aliphatic carbocycles. The molecule has 0 amide bonds. The summed E-state index contributed by atoms with van der Waals surface area (Å²) in [4.78, 5) is 24.1. The Labute approximate surface area is 178 Å². The Morgan fingerprint density at radius 3 is 2.28 bits per heavy atom. The van der Waals surface area contributed by atoms with Gasteiger partial charge in [0.1, 0.15) is 5.82 Å². The summed E-state index contributed by atoms with van der Waals surface area (Å²) in [5.74, 6) is -2.70. The summed E-state index contributed by atoms with van der Waals surface area (Å²) in [7, 11) is -3.89. The normalized spacial score (nSPS) is 11.5. The summed E-state index contributed by atoms with van der Waals surface area (Å²) in [6.45, 7) is 3.08. The van der Waals surface area contributed by atoms with Gasteiger partial charge in [-0.25, -0.2) is 17.6 Å². The SMILES string of the molecule is CCN(CC)S(=O)(=O)c1ccc(F)c(C(=O)OCC(=O)c2ccc(Cl)c(Cl)c2)c1. The average Bonchev–Trinajstić information content (AvgIpc) is 2.68. The molecule has 0 atom stereocenters. The monoisotopic (exact) mass is 461 g/mol. The minimum Gasteiger partial charge on any atom is -0.454 e. The van der Waals surface area contributed by atoms with Crippen molar-refractivity contribution >= 4 is 45.0 Å². The van der Waals surface area contributed by atoms with Crippen LogP contribution < -0.4 is 0 Å². The molecular weight excluding hydrogens is 444 g/mol. The Hall–Kier alpha value is -2.00. The molecule has 29 heavy (non-hydrogen) atoms. The van der Waals surface area contributed by atoms with Crippen molar-refractivity contribution in [2.24, 2.45) is 0 Å². The standard InChI is InChI=1S/C19H18Cl2FNO5S/c1-3-23(4-2)29(26,27)13-6-8-17(22)14(10-13)19(25)28-11-18(24)12-5-7-15(20)16(21)9-12/h5-10H,3-4,11H2,1-2H3. The maximum atomic E-state index is 14.1. The number of sulfonamides is 1. The van der Waals surface area contributed by atoms with Crippen molar-refractivity contribution in [1.82, 2.24) is 4.31 Å². The van der Waals surface area contributed by atoms with E-state index in [4.69, 9.17) is 27.9 Å². The lowest BCUT2D eigenvalue weighted by molar-refractivity contribution is 0.0470. The highest BCUT2D eigenvalue weighted by molar-refractivity contribution is 7.89. The zero-order chi connectivity index (χ0) is 21.8. The van der Waals surface area contributed by atoms with Gasteiger partial charge in [0, 0.05) is 18.7 Å². The van der Waals surface area contributed by atoms with Crippen LogP contribution in [0.3, 0.4) is 0 Å². The highest BCUT2D eigenvalue weighted by Crippen LogP contribution is 2.23. The highest BCUT2D eigenvalue weighted by Gasteiger charge is 2.25. The minimum atomic E-state index is -3.89. The number of hydrogen-bond donors (Lipinski definition) is 0. The number of ether oxygens (including phenoxy) is 1. The fourth-order valence-corrected chi connectivity index (χ4v) is 4.28. The quantitative estimate of drug-likeness (QED) is 0.434. The zero-order valence-corrected chi connectivity index (χ0v) is 17.9. The molecule has 0 radical (unpaired) electrons. The van der Waals surface area contributed by atoms with Crippen LogP contribution in [-0.4, -0.2) is 44.2 Å². The van der Waals surface area contributed by atoms with Crippen LogP contribution in [0.15, 0.2) is 41.3 Å². The molecule has 0 N–H and O–H groups in total. The third-order valence-electron chi connectivity index (χ3n) is 4.08. The Kier molecular flexibility index (Phi) is 7.76. The van der Waals surface area contributed by atoms with Crippen molar-refractivity contribution in [1.29, 1.82) is 0 Å². The van der Waals surface area contributed by atoms with Crippen LogP contribution in [0, 0.1) is 5.82 Å². The number of halogens is 3.